The van der Waals surface area contributed by atoms with E-state index in [4.69, 9.17) is 4.74 Å². The number of fused-ring (bicyclic) bond motifs is 1. The van der Waals surface area contributed by atoms with Crippen LogP contribution in [0.3, 0.4) is 0 Å². The first-order valence-corrected chi connectivity index (χ1v) is 12.0. The molecule has 31 heavy (non-hydrogen) atoms. The number of tetrazole rings is 1. The highest BCUT2D eigenvalue weighted by Gasteiger charge is 2.42. The van der Waals surface area contributed by atoms with Crippen molar-refractivity contribution < 1.29 is 14.3 Å². The molecule has 11 heteroatoms. The topological polar surface area (TPSA) is 102 Å². The van der Waals surface area contributed by atoms with E-state index < -0.39 is 0 Å². The van der Waals surface area contributed by atoms with E-state index in [-0.39, 0.29) is 28.8 Å². The summed E-state index contributed by atoms with van der Waals surface area (Å²) in [6, 6.07) is 9.50. The molecule has 1 aromatic heterocycles. The predicted molar refractivity (Wildman–Crippen MR) is 119 cm³/mol. The second kappa shape index (κ2) is 9.84. The van der Waals surface area contributed by atoms with Gasteiger partial charge in [0, 0.05) is 17.7 Å². The Morgan fingerprint density at radius 1 is 1.32 bits per heavy atom. The molecule has 0 bridgehead atoms. The third-order valence-electron chi connectivity index (χ3n) is 5.17. The first kappa shape index (κ1) is 21.8. The summed E-state index contributed by atoms with van der Waals surface area (Å²) < 4.78 is 6.88. The van der Waals surface area contributed by atoms with Gasteiger partial charge in [-0.15, -0.1) is 16.9 Å². The number of thioether (sulfide) groups is 2. The van der Waals surface area contributed by atoms with E-state index in [1.54, 1.807) is 23.4 Å². The summed E-state index contributed by atoms with van der Waals surface area (Å²) in [5.74, 6) is -0.302. The summed E-state index contributed by atoms with van der Waals surface area (Å²) in [4.78, 5) is 27.6. The zero-order valence-electron chi connectivity index (χ0n) is 17.4. The van der Waals surface area contributed by atoms with Crippen molar-refractivity contribution in [3.05, 3.63) is 40.9 Å². The fourth-order valence-corrected chi connectivity index (χ4v) is 6.04. The van der Waals surface area contributed by atoms with Gasteiger partial charge in [-0.25, -0.2) is 4.79 Å². The van der Waals surface area contributed by atoms with Crippen molar-refractivity contribution in [3.8, 4) is 5.69 Å². The van der Waals surface area contributed by atoms with Gasteiger partial charge in [0.1, 0.15) is 0 Å². The molecule has 2 aliphatic heterocycles. The Kier molecular flexibility index (Phi) is 6.93. The minimum atomic E-state index is -0.331. The van der Waals surface area contributed by atoms with Gasteiger partial charge in [0.2, 0.25) is 11.1 Å². The number of aromatic nitrogens is 4. The molecule has 1 saturated heterocycles. The van der Waals surface area contributed by atoms with Crippen LogP contribution in [0.25, 0.3) is 5.69 Å². The van der Waals surface area contributed by atoms with Crippen molar-refractivity contribution in [1.29, 1.82) is 0 Å². The van der Waals surface area contributed by atoms with Gasteiger partial charge in [0.05, 0.1) is 28.6 Å². The molecule has 1 N–H and O–H groups in total. The number of carbonyl (C=O) groups is 2. The van der Waals surface area contributed by atoms with Gasteiger partial charge in [-0.3, -0.25) is 4.79 Å². The van der Waals surface area contributed by atoms with Crippen LogP contribution in [0, 0.1) is 5.92 Å². The number of piperidine rings is 1. The number of hydrogen-bond donors (Lipinski definition) is 1. The predicted octanol–water partition coefficient (Wildman–Crippen LogP) is 1.71. The van der Waals surface area contributed by atoms with Crippen LogP contribution in [0.1, 0.15) is 13.3 Å². The minimum Gasteiger partial charge on any atom is -0.463 e. The normalized spacial score (nSPS) is 21.1. The monoisotopic (exact) mass is 460 g/mol. The van der Waals surface area contributed by atoms with Crippen molar-refractivity contribution in [1.82, 2.24) is 30.4 Å². The lowest BCUT2D eigenvalue weighted by atomic mass is 9.89. The molecule has 0 unspecified atom stereocenters. The number of amides is 1. The molecule has 0 saturated carbocycles. The number of para-hydroxylation sites is 1. The highest BCUT2D eigenvalue weighted by Crippen LogP contribution is 2.45. The molecule has 1 amide bonds. The summed E-state index contributed by atoms with van der Waals surface area (Å²) in [6.07, 6.45) is 0.877. The molecular weight excluding hydrogens is 436 g/mol. The molecule has 9 nitrogen and oxygen atoms in total. The van der Waals surface area contributed by atoms with E-state index >= 15 is 0 Å². The van der Waals surface area contributed by atoms with Gasteiger partial charge in [-0.1, -0.05) is 30.0 Å². The van der Waals surface area contributed by atoms with Crippen LogP contribution in [0.5, 0.6) is 0 Å². The zero-order chi connectivity index (χ0) is 21.8. The molecule has 0 spiro atoms. The number of carbonyl (C=O) groups excluding carboxylic acids is 2. The number of esters is 1. The number of ether oxygens (including phenoxy) is 1. The number of nitrogens with one attached hydrogen (secondary N) is 1. The highest BCUT2D eigenvalue weighted by molar-refractivity contribution is 8.04. The van der Waals surface area contributed by atoms with E-state index in [2.05, 4.69) is 32.8 Å². The third kappa shape index (κ3) is 4.94. The average molecular weight is 461 g/mol. The quantitative estimate of drug-likeness (QED) is 0.489. The minimum absolute atomic E-state index is 0.105. The van der Waals surface area contributed by atoms with E-state index in [9.17, 15) is 9.59 Å². The number of hydrogen-bond acceptors (Lipinski definition) is 9. The second-order valence-corrected chi connectivity index (χ2v) is 9.51. The molecule has 3 heterocycles. The standard InChI is InChI=1S/C20H24N6O3S2/c1-3-29-19(28)17-14-9-10-25(2)11-15(14)31-18(17)21-16(27)12-30-20-22-23-24-26(20)13-7-5-4-6-8-13/h4-8,14-15H,3,9-12H2,1-2H3,(H,21,27)/t14-,15+/m1/s1. The Labute approximate surface area is 189 Å². The summed E-state index contributed by atoms with van der Waals surface area (Å²) in [5.41, 5.74) is 1.43. The van der Waals surface area contributed by atoms with E-state index in [0.29, 0.717) is 22.4 Å². The molecule has 1 fully saturated rings. The second-order valence-electron chi connectivity index (χ2n) is 7.32. The Morgan fingerprint density at radius 2 is 2.13 bits per heavy atom. The van der Waals surface area contributed by atoms with Crippen LogP contribution in [-0.2, 0) is 14.3 Å². The maximum absolute atomic E-state index is 12.7. The van der Waals surface area contributed by atoms with Crippen molar-refractivity contribution in [2.45, 2.75) is 23.8 Å². The van der Waals surface area contributed by atoms with Gasteiger partial charge in [-0.05, 0) is 49.5 Å². The third-order valence-corrected chi connectivity index (χ3v) is 7.43. The first-order valence-electron chi connectivity index (χ1n) is 10.1. The van der Waals surface area contributed by atoms with E-state index in [1.165, 1.54) is 11.8 Å². The van der Waals surface area contributed by atoms with Crippen LogP contribution in [0.4, 0.5) is 0 Å². The van der Waals surface area contributed by atoms with Crippen LogP contribution in [-0.4, -0.2) is 74.7 Å². The smallest absolute Gasteiger partial charge is 0.336 e. The lowest BCUT2D eigenvalue weighted by Crippen LogP contribution is -2.39. The van der Waals surface area contributed by atoms with Crippen LogP contribution < -0.4 is 5.32 Å². The summed E-state index contributed by atoms with van der Waals surface area (Å²) in [6.45, 7) is 3.89. The van der Waals surface area contributed by atoms with Gasteiger partial charge >= 0.3 is 5.97 Å². The summed E-state index contributed by atoms with van der Waals surface area (Å²) in [5, 5.41) is 16.1. The van der Waals surface area contributed by atoms with E-state index in [1.807, 2.05) is 30.3 Å². The Bertz CT molecular complexity index is 980. The number of likely N-dealkylation sites (tertiary alicyclic amines) is 1. The maximum Gasteiger partial charge on any atom is 0.336 e. The lowest BCUT2D eigenvalue weighted by molar-refractivity contribution is -0.139. The molecule has 0 aliphatic carbocycles. The van der Waals surface area contributed by atoms with Gasteiger partial charge in [0.15, 0.2) is 0 Å². The largest absolute Gasteiger partial charge is 0.463 e. The fraction of sp³-hybridized carbons (Fsp3) is 0.450. The Morgan fingerprint density at radius 3 is 2.90 bits per heavy atom. The molecule has 1 aromatic carbocycles. The molecule has 2 aliphatic rings. The van der Waals surface area contributed by atoms with Crippen molar-refractivity contribution in [2.24, 2.45) is 5.92 Å². The maximum atomic E-state index is 12.7. The zero-order valence-corrected chi connectivity index (χ0v) is 19.0. The van der Waals surface area contributed by atoms with Gasteiger partial charge in [-0.2, -0.15) is 4.68 Å². The summed E-state index contributed by atoms with van der Waals surface area (Å²) in [7, 11) is 2.07. The number of nitrogens with zero attached hydrogens (tertiary/aromatic N) is 5. The average Bonchev–Trinajstić information content (AvgIpc) is 3.37. The van der Waals surface area contributed by atoms with Crippen LogP contribution in [0.15, 0.2) is 46.1 Å². The first-order chi connectivity index (χ1) is 15.1. The Hall–Kier alpha value is -2.37. The number of rotatable bonds is 7. The fourth-order valence-electron chi connectivity index (χ4n) is 3.75. The molecule has 4 rings (SSSR count). The van der Waals surface area contributed by atoms with Gasteiger partial charge < -0.3 is 15.0 Å². The van der Waals surface area contributed by atoms with Crippen LogP contribution in [0.2, 0.25) is 0 Å². The van der Waals surface area contributed by atoms with Crippen LogP contribution >= 0.6 is 23.5 Å². The number of benzene rings is 1. The molecule has 0 radical (unpaired) electrons. The summed E-state index contributed by atoms with van der Waals surface area (Å²) >= 11 is 2.81. The molecular formula is C20H24N6O3S2. The van der Waals surface area contributed by atoms with Gasteiger partial charge in [0.25, 0.3) is 0 Å². The SMILES string of the molecule is CCOC(=O)C1=C(NC(=O)CSc2nnnn2-c2ccccc2)S[C@H]2CN(C)CC[C@@H]12. The van der Waals surface area contributed by atoms with Crippen molar-refractivity contribution in [3.63, 3.8) is 0 Å². The highest BCUT2D eigenvalue weighted by atomic mass is 32.2. The molecule has 2 aromatic rings. The van der Waals surface area contributed by atoms with Crippen molar-refractivity contribution in [2.75, 3.05) is 32.5 Å². The Balaban J connectivity index is 1.44. The lowest BCUT2D eigenvalue weighted by Gasteiger charge is -2.32. The van der Waals surface area contributed by atoms with E-state index in [0.717, 1.165) is 25.2 Å². The van der Waals surface area contributed by atoms with Crippen molar-refractivity contribution >= 4 is 35.4 Å². The molecule has 2 atom stereocenters. The molecule has 164 valence electrons.